The Morgan fingerprint density at radius 1 is 0.909 bits per heavy atom. The maximum atomic E-state index is 12.2. The van der Waals surface area contributed by atoms with Gasteiger partial charge in [-0.1, -0.05) is 36.4 Å². The third kappa shape index (κ3) is 5.36. The molecule has 0 amide bonds. The van der Waals surface area contributed by atoms with Crippen molar-refractivity contribution in [3.63, 3.8) is 0 Å². The van der Waals surface area contributed by atoms with Crippen molar-refractivity contribution < 1.29 is 18.3 Å². The van der Waals surface area contributed by atoms with Crippen molar-refractivity contribution in [2.24, 2.45) is 0 Å². The molecule has 118 valence electrons. The van der Waals surface area contributed by atoms with Gasteiger partial charge in [-0.15, -0.1) is 0 Å². The van der Waals surface area contributed by atoms with Crippen molar-refractivity contribution in [1.29, 1.82) is 0 Å². The van der Waals surface area contributed by atoms with E-state index in [2.05, 4.69) is 5.32 Å². The standard InChI is InChI=1S/C16H16F3NOS/c17-16(18,19)22-15-7-5-12(6-8-15)9-20-10-13-3-1-2-4-14(13)11-21/h1-8,20-21H,9-11H2. The van der Waals surface area contributed by atoms with Crippen molar-refractivity contribution in [2.75, 3.05) is 0 Å². The monoisotopic (exact) mass is 327 g/mol. The first-order valence-corrected chi connectivity index (χ1v) is 7.52. The third-order valence-electron chi connectivity index (χ3n) is 3.09. The Balaban J connectivity index is 1.87. The molecule has 0 atom stereocenters. The molecule has 0 unspecified atom stereocenters. The highest BCUT2D eigenvalue weighted by atomic mass is 32.2. The zero-order valence-electron chi connectivity index (χ0n) is 11.7. The lowest BCUT2D eigenvalue weighted by Gasteiger charge is -2.10. The SMILES string of the molecule is OCc1ccccc1CNCc1ccc(SC(F)(F)F)cc1. The summed E-state index contributed by atoms with van der Waals surface area (Å²) in [6, 6.07) is 13.9. The number of alkyl halides is 3. The van der Waals surface area contributed by atoms with Crippen molar-refractivity contribution in [3.05, 3.63) is 65.2 Å². The van der Waals surface area contributed by atoms with E-state index in [1.807, 2.05) is 24.3 Å². The number of halogens is 3. The van der Waals surface area contributed by atoms with Gasteiger partial charge in [0.25, 0.3) is 0 Å². The summed E-state index contributed by atoms with van der Waals surface area (Å²) in [4.78, 5) is 0.182. The number of aliphatic hydroxyl groups is 1. The van der Waals surface area contributed by atoms with Crippen molar-refractivity contribution >= 4 is 11.8 Å². The summed E-state index contributed by atoms with van der Waals surface area (Å²) in [5, 5.41) is 12.5. The first kappa shape index (κ1) is 16.9. The topological polar surface area (TPSA) is 32.3 Å². The van der Waals surface area contributed by atoms with E-state index in [0.717, 1.165) is 16.7 Å². The van der Waals surface area contributed by atoms with E-state index < -0.39 is 5.51 Å². The summed E-state index contributed by atoms with van der Waals surface area (Å²) in [5.74, 6) is 0. The van der Waals surface area contributed by atoms with Gasteiger partial charge in [-0.2, -0.15) is 13.2 Å². The molecule has 22 heavy (non-hydrogen) atoms. The van der Waals surface area contributed by atoms with Gasteiger partial charge < -0.3 is 10.4 Å². The van der Waals surface area contributed by atoms with Crippen LogP contribution in [0.25, 0.3) is 0 Å². The van der Waals surface area contributed by atoms with Gasteiger partial charge in [0.1, 0.15) is 0 Å². The van der Waals surface area contributed by atoms with E-state index in [-0.39, 0.29) is 23.3 Å². The second-order valence-corrected chi connectivity index (χ2v) is 5.86. The van der Waals surface area contributed by atoms with Crippen LogP contribution in [-0.4, -0.2) is 10.6 Å². The Morgan fingerprint density at radius 3 is 2.14 bits per heavy atom. The Kier molecular flexibility index (Phi) is 5.88. The van der Waals surface area contributed by atoms with Gasteiger partial charge in [-0.3, -0.25) is 0 Å². The van der Waals surface area contributed by atoms with Gasteiger partial charge >= 0.3 is 5.51 Å². The average molecular weight is 327 g/mol. The Hall–Kier alpha value is -1.50. The average Bonchev–Trinajstić information content (AvgIpc) is 2.48. The smallest absolute Gasteiger partial charge is 0.392 e. The maximum Gasteiger partial charge on any atom is 0.446 e. The summed E-state index contributed by atoms with van der Waals surface area (Å²) in [7, 11) is 0. The molecule has 2 aromatic rings. The van der Waals surface area contributed by atoms with Crippen molar-refractivity contribution in [3.8, 4) is 0 Å². The van der Waals surface area contributed by atoms with Crippen LogP contribution in [0, 0.1) is 0 Å². The molecule has 2 N–H and O–H groups in total. The molecule has 0 radical (unpaired) electrons. The fraction of sp³-hybridized carbons (Fsp3) is 0.250. The molecular formula is C16H16F3NOS. The van der Waals surface area contributed by atoms with Crippen LogP contribution in [0.5, 0.6) is 0 Å². The van der Waals surface area contributed by atoms with E-state index in [0.29, 0.717) is 13.1 Å². The van der Waals surface area contributed by atoms with Gasteiger partial charge in [-0.25, -0.2) is 0 Å². The number of nitrogens with one attached hydrogen (secondary N) is 1. The quantitative estimate of drug-likeness (QED) is 0.784. The van der Waals surface area contributed by atoms with Gasteiger partial charge in [0.2, 0.25) is 0 Å². The number of aliphatic hydroxyl groups excluding tert-OH is 1. The summed E-state index contributed by atoms with van der Waals surface area (Å²) in [6.07, 6.45) is 0. The number of hydrogen-bond acceptors (Lipinski definition) is 3. The van der Waals surface area contributed by atoms with Crippen molar-refractivity contribution in [2.45, 2.75) is 30.1 Å². The number of benzene rings is 2. The number of hydrogen-bond donors (Lipinski definition) is 2. The normalized spacial score (nSPS) is 11.6. The predicted octanol–water partition coefficient (Wildman–Crippen LogP) is 4.08. The van der Waals surface area contributed by atoms with Crippen LogP contribution in [0.3, 0.4) is 0 Å². The second-order valence-electron chi connectivity index (χ2n) is 4.72. The minimum atomic E-state index is -4.26. The maximum absolute atomic E-state index is 12.2. The molecule has 0 aliphatic heterocycles. The molecule has 0 spiro atoms. The van der Waals surface area contributed by atoms with Crippen LogP contribution in [0.2, 0.25) is 0 Å². The lowest BCUT2D eigenvalue weighted by atomic mass is 10.1. The van der Waals surface area contributed by atoms with Gasteiger partial charge in [0.15, 0.2) is 0 Å². The molecule has 2 nitrogen and oxygen atoms in total. The number of thioether (sulfide) groups is 1. The van der Waals surface area contributed by atoms with E-state index in [9.17, 15) is 18.3 Å². The Bertz CT molecular complexity index is 599. The van der Waals surface area contributed by atoms with Gasteiger partial charge in [-0.05, 0) is 40.6 Å². The van der Waals surface area contributed by atoms with Crippen LogP contribution in [0.1, 0.15) is 16.7 Å². The molecule has 0 saturated carbocycles. The van der Waals surface area contributed by atoms with E-state index in [1.165, 1.54) is 12.1 Å². The molecule has 2 aromatic carbocycles. The van der Waals surface area contributed by atoms with Crippen LogP contribution >= 0.6 is 11.8 Å². The minimum absolute atomic E-state index is 0.0127. The predicted molar refractivity (Wildman–Crippen MR) is 81.3 cm³/mol. The van der Waals surface area contributed by atoms with Crippen LogP contribution in [0.15, 0.2) is 53.4 Å². The second kappa shape index (κ2) is 7.67. The molecule has 0 bridgehead atoms. The molecule has 0 saturated heterocycles. The fourth-order valence-electron chi connectivity index (χ4n) is 2.03. The van der Waals surface area contributed by atoms with Crippen LogP contribution < -0.4 is 5.32 Å². The summed E-state index contributed by atoms with van der Waals surface area (Å²) in [6.45, 7) is 1.13. The zero-order chi connectivity index (χ0) is 16.0. The Labute approximate surface area is 131 Å². The van der Waals surface area contributed by atoms with Crippen molar-refractivity contribution in [1.82, 2.24) is 5.32 Å². The van der Waals surface area contributed by atoms with Crippen LogP contribution in [-0.2, 0) is 19.7 Å². The summed E-state index contributed by atoms with van der Waals surface area (Å²) in [5.41, 5.74) is -1.47. The summed E-state index contributed by atoms with van der Waals surface area (Å²) < 4.78 is 36.7. The first-order chi connectivity index (χ1) is 10.5. The van der Waals surface area contributed by atoms with Gasteiger partial charge in [0, 0.05) is 18.0 Å². The van der Waals surface area contributed by atoms with E-state index in [1.54, 1.807) is 12.1 Å². The highest BCUT2D eigenvalue weighted by Crippen LogP contribution is 2.36. The fourth-order valence-corrected chi connectivity index (χ4v) is 2.57. The highest BCUT2D eigenvalue weighted by Gasteiger charge is 2.28. The van der Waals surface area contributed by atoms with Crippen LogP contribution in [0.4, 0.5) is 13.2 Å². The molecule has 0 aliphatic rings. The molecule has 0 fully saturated rings. The molecular weight excluding hydrogens is 311 g/mol. The van der Waals surface area contributed by atoms with E-state index >= 15 is 0 Å². The molecule has 0 aliphatic carbocycles. The molecule has 2 rings (SSSR count). The van der Waals surface area contributed by atoms with Gasteiger partial charge in [0.05, 0.1) is 6.61 Å². The molecule has 0 aromatic heterocycles. The largest absolute Gasteiger partial charge is 0.446 e. The zero-order valence-corrected chi connectivity index (χ0v) is 12.5. The lowest BCUT2D eigenvalue weighted by molar-refractivity contribution is -0.0328. The Morgan fingerprint density at radius 2 is 1.55 bits per heavy atom. The summed E-state index contributed by atoms with van der Waals surface area (Å²) >= 11 is -0.113. The first-order valence-electron chi connectivity index (χ1n) is 6.71. The molecule has 0 heterocycles. The third-order valence-corrected chi connectivity index (χ3v) is 3.83. The number of rotatable bonds is 6. The lowest BCUT2D eigenvalue weighted by Crippen LogP contribution is -2.14. The highest BCUT2D eigenvalue weighted by molar-refractivity contribution is 8.00. The molecule has 6 heteroatoms. The van der Waals surface area contributed by atoms with E-state index in [4.69, 9.17) is 0 Å². The minimum Gasteiger partial charge on any atom is -0.392 e.